The molecule has 3 nitrogen and oxygen atoms in total. The molecule has 1 heterocycles. The first kappa shape index (κ1) is 10.4. The van der Waals surface area contributed by atoms with Crippen molar-refractivity contribution >= 4 is 10.8 Å². The van der Waals surface area contributed by atoms with Gasteiger partial charge < -0.3 is 14.6 Å². The molecule has 2 aromatic carbocycles. The van der Waals surface area contributed by atoms with Crippen LogP contribution in [-0.4, -0.2) is 12.2 Å². The molecular formula is C14H14O3. The zero-order valence-corrected chi connectivity index (χ0v) is 9.86. The summed E-state index contributed by atoms with van der Waals surface area (Å²) in [6, 6.07) is 7.82. The van der Waals surface area contributed by atoms with E-state index in [9.17, 15) is 5.11 Å². The van der Waals surface area contributed by atoms with Gasteiger partial charge in [0.2, 0.25) is 0 Å². The summed E-state index contributed by atoms with van der Waals surface area (Å²) in [7, 11) is 1.61. The molecule has 0 spiro atoms. The normalized spacial score (nSPS) is 18.4. The van der Waals surface area contributed by atoms with Crippen molar-refractivity contribution in [3.63, 3.8) is 0 Å². The largest absolute Gasteiger partial charge is 0.507 e. The Labute approximate surface area is 99.6 Å². The molecule has 0 aliphatic carbocycles. The van der Waals surface area contributed by atoms with Gasteiger partial charge in [-0.3, -0.25) is 0 Å². The Morgan fingerprint density at radius 3 is 3.00 bits per heavy atom. The molecule has 0 aromatic heterocycles. The number of ether oxygens (including phenoxy) is 2. The predicted molar refractivity (Wildman–Crippen MR) is 65.4 cm³/mol. The smallest absolute Gasteiger partial charge is 0.133 e. The van der Waals surface area contributed by atoms with Gasteiger partial charge in [0.15, 0.2) is 0 Å². The summed E-state index contributed by atoms with van der Waals surface area (Å²) < 4.78 is 10.9. The van der Waals surface area contributed by atoms with Crippen LogP contribution in [-0.2, 0) is 11.3 Å². The minimum Gasteiger partial charge on any atom is -0.507 e. The Kier molecular flexibility index (Phi) is 2.23. The van der Waals surface area contributed by atoms with Gasteiger partial charge in [0.25, 0.3) is 0 Å². The molecule has 1 N–H and O–H groups in total. The fourth-order valence-corrected chi connectivity index (χ4v) is 2.52. The first-order valence-electron chi connectivity index (χ1n) is 5.65. The van der Waals surface area contributed by atoms with Gasteiger partial charge in [-0.05, 0) is 30.0 Å². The third kappa shape index (κ3) is 1.39. The summed E-state index contributed by atoms with van der Waals surface area (Å²) in [6.45, 7) is 2.52. The van der Waals surface area contributed by atoms with Crippen molar-refractivity contribution in [3.05, 3.63) is 35.4 Å². The molecule has 3 heteroatoms. The average molecular weight is 230 g/mol. The first-order valence-corrected chi connectivity index (χ1v) is 5.65. The highest BCUT2D eigenvalue weighted by molar-refractivity contribution is 5.95. The van der Waals surface area contributed by atoms with Crippen LogP contribution in [0.15, 0.2) is 24.3 Å². The number of phenolic OH excluding ortho intramolecular Hbond substituents is 1. The minimum absolute atomic E-state index is 0.0562. The van der Waals surface area contributed by atoms with Crippen molar-refractivity contribution in [2.45, 2.75) is 19.6 Å². The van der Waals surface area contributed by atoms with E-state index >= 15 is 0 Å². The molecule has 0 radical (unpaired) electrons. The van der Waals surface area contributed by atoms with Gasteiger partial charge in [-0.25, -0.2) is 0 Å². The SMILES string of the molecule is COc1cccc2cc3c(c(O)c12)[C@@H](C)OC3. The standard InChI is InChI=1S/C14H14O3/c1-8-12-10(7-17-8)6-9-4-3-5-11(16-2)13(9)14(12)15/h3-6,8,15H,7H2,1-2H3/t8-/m1/s1. The van der Waals surface area contributed by atoms with Crippen LogP contribution in [0.5, 0.6) is 11.5 Å². The molecule has 0 saturated heterocycles. The van der Waals surface area contributed by atoms with Gasteiger partial charge >= 0.3 is 0 Å². The molecule has 1 aliphatic heterocycles. The average Bonchev–Trinajstić information content (AvgIpc) is 2.70. The lowest BCUT2D eigenvalue weighted by atomic mass is 9.98. The van der Waals surface area contributed by atoms with E-state index in [1.807, 2.05) is 25.1 Å². The molecule has 2 aromatic rings. The highest BCUT2D eigenvalue weighted by Crippen LogP contribution is 2.44. The third-order valence-electron chi connectivity index (χ3n) is 3.34. The topological polar surface area (TPSA) is 38.7 Å². The van der Waals surface area contributed by atoms with Crippen LogP contribution < -0.4 is 4.74 Å². The van der Waals surface area contributed by atoms with Crippen molar-refractivity contribution in [3.8, 4) is 11.5 Å². The van der Waals surface area contributed by atoms with Crippen LogP contribution >= 0.6 is 0 Å². The second kappa shape index (κ2) is 3.64. The van der Waals surface area contributed by atoms with Crippen molar-refractivity contribution in [1.82, 2.24) is 0 Å². The number of benzene rings is 2. The second-order valence-corrected chi connectivity index (χ2v) is 4.31. The number of rotatable bonds is 1. The molecule has 1 aliphatic rings. The molecular weight excluding hydrogens is 216 g/mol. The summed E-state index contributed by atoms with van der Waals surface area (Å²) in [5, 5.41) is 12.1. The Bertz CT molecular complexity index is 590. The zero-order chi connectivity index (χ0) is 12.0. The molecule has 0 fully saturated rings. The number of fused-ring (bicyclic) bond motifs is 2. The van der Waals surface area contributed by atoms with Crippen molar-refractivity contribution in [2.75, 3.05) is 7.11 Å². The highest BCUT2D eigenvalue weighted by Gasteiger charge is 2.25. The van der Waals surface area contributed by atoms with Crippen LogP contribution in [0.3, 0.4) is 0 Å². The van der Waals surface area contributed by atoms with Crippen LogP contribution in [0.4, 0.5) is 0 Å². The maximum atomic E-state index is 10.4. The predicted octanol–water partition coefficient (Wildman–Crippen LogP) is 3.15. The van der Waals surface area contributed by atoms with Crippen LogP contribution in [0, 0.1) is 0 Å². The van der Waals surface area contributed by atoms with Crippen LogP contribution in [0.1, 0.15) is 24.2 Å². The fraction of sp³-hybridized carbons (Fsp3) is 0.286. The Hall–Kier alpha value is -1.74. The summed E-state index contributed by atoms with van der Waals surface area (Å²) in [5.41, 5.74) is 1.96. The van der Waals surface area contributed by atoms with Crippen molar-refractivity contribution in [2.24, 2.45) is 0 Å². The van der Waals surface area contributed by atoms with Crippen molar-refractivity contribution < 1.29 is 14.6 Å². The quantitative estimate of drug-likeness (QED) is 0.817. The maximum Gasteiger partial charge on any atom is 0.133 e. The van der Waals surface area contributed by atoms with Gasteiger partial charge in [0, 0.05) is 5.56 Å². The monoisotopic (exact) mass is 230 g/mol. The zero-order valence-electron chi connectivity index (χ0n) is 9.86. The molecule has 1 atom stereocenters. The van der Waals surface area contributed by atoms with Crippen molar-refractivity contribution in [1.29, 1.82) is 0 Å². The summed E-state index contributed by atoms with van der Waals surface area (Å²) in [5.74, 6) is 0.988. The molecule has 0 saturated carbocycles. The minimum atomic E-state index is -0.0562. The number of hydrogen-bond donors (Lipinski definition) is 1. The number of hydrogen-bond acceptors (Lipinski definition) is 3. The van der Waals surface area contributed by atoms with Crippen LogP contribution in [0.25, 0.3) is 10.8 Å². The van der Waals surface area contributed by atoms with E-state index in [4.69, 9.17) is 9.47 Å². The third-order valence-corrected chi connectivity index (χ3v) is 3.34. The fourth-order valence-electron chi connectivity index (χ4n) is 2.52. The summed E-state index contributed by atoms with van der Waals surface area (Å²) in [6.07, 6.45) is -0.0562. The van der Waals surface area contributed by atoms with E-state index in [-0.39, 0.29) is 6.10 Å². The Morgan fingerprint density at radius 1 is 1.41 bits per heavy atom. The molecule has 0 unspecified atom stereocenters. The molecule has 88 valence electrons. The molecule has 0 amide bonds. The highest BCUT2D eigenvalue weighted by atomic mass is 16.5. The van der Waals surface area contributed by atoms with E-state index in [2.05, 4.69) is 6.07 Å². The Balaban J connectivity index is 2.41. The molecule has 17 heavy (non-hydrogen) atoms. The Morgan fingerprint density at radius 2 is 2.24 bits per heavy atom. The number of phenols is 1. The van der Waals surface area contributed by atoms with Gasteiger partial charge in [-0.15, -0.1) is 0 Å². The lowest BCUT2D eigenvalue weighted by Gasteiger charge is -2.12. The van der Waals surface area contributed by atoms with Gasteiger partial charge in [-0.1, -0.05) is 12.1 Å². The number of methoxy groups -OCH3 is 1. The van der Waals surface area contributed by atoms with E-state index in [1.54, 1.807) is 7.11 Å². The van der Waals surface area contributed by atoms with E-state index in [1.165, 1.54) is 0 Å². The second-order valence-electron chi connectivity index (χ2n) is 4.31. The van der Waals surface area contributed by atoms with Gasteiger partial charge in [0.1, 0.15) is 11.5 Å². The molecule has 0 bridgehead atoms. The van der Waals surface area contributed by atoms with E-state index < -0.39 is 0 Å². The van der Waals surface area contributed by atoms with Gasteiger partial charge in [-0.2, -0.15) is 0 Å². The van der Waals surface area contributed by atoms with E-state index in [0.717, 1.165) is 21.9 Å². The van der Waals surface area contributed by atoms with E-state index in [0.29, 0.717) is 18.1 Å². The maximum absolute atomic E-state index is 10.4. The first-order chi connectivity index (χ1) is 8.22. The lowest BCUT2D eigenvalue weighted by Crippen LogP contribution is -1.92. The molecule has 3 rings (SSSR count). The lowest BCUT2D eigenvalue weighted by molar-refractivity contribution is 0.0786. The van der Waals surface area contributed by atoms with Crippen LogP contribution in [0.2, 0.25) is 0 Å². The number of aromatic hydroxyl groups is 1. The van der Waals surface area contributed by atoms with Gasteiger partial charge in [0.05, 0.1) is 25.2 Å². The summed E-state index contributed by atoms with van der Waals surface area (Å²) in [4.78, 5) is 0. The summed E-state index contributed by atoms with van der Waals surface area (Å²) >= 11 is 0.